The summed E-state index contributed by atoms with van der Waals surface area (Å²) in [7, 11) is 0. The van der Waals surface area contributed by atoms with Gasteiger partial charge < -0.3 is 5.32 Å². The van der Waals surface area contributed by atoms with Crippen molar-refractivity contribution in [3.05, 3.63) is 0 Å². The third-order valence-corrected chi connectivity index (χ3v) is 6.40. The molecule has 116 valence electrons. The molecule has 1 heterocycles. The Balaban J connectivity index is 1.68. The predicted octanol–water partition coefficient (Wildman–Crippen LogP) is 3.67. The standard InChI is InChI=1S/C18H34N2/c1-4-18(9-5-6-10-18)13-20-12-16(15-7-8-15)19-11-17(20)14(2)3/h14-17,19H,4-13H2,1-3H3. The molecule has 0 spiro atoms. The second-order valence-electron chi connectivity index (χ2n) is 8.15. The van der Waals surface area contributed by atoms with Gasteiger partial charge in [0.1, 0.15) is 0 Å². The highest BCUT2D eigenvalue weighted by atomic mass is 15.2. The maximum atomic E-state index is 3.86. The molecule has 0 amide bonds. The molecule has 0 aromatic heterocycles. The Hall–Kier alpha value is -0.0800. The van der Waals surface area contributed by atoms with Crippen molar-refractivity contribution in [2.45, 2.75) is 77.8 Å². The minimum absolute atomic E-state index is 0.651. The molecule has 2 unspecified atom stereocenters. The van der Waals surface area contributed by atoms with Gasteiger partial charge in [0.15, 0.2) is 0 Å². The Labute approximate surface area is 125 Å². The fourth-order valence-corrected chi connectivity index (χ4v) is 4.69. The van der Waals surface area contributed by atoms with Crippen LogP contribution in [0.1, 0.15) is 65.7 Å². The average Bonchev–Trinajstić information content (AvgIpc) is 3.19. The fourth-order valence-electron chi connectivity index (χ4n) is 4.69. The lowest BCUT2D eigenvalue weighted by molar-refractivity contribution is 0.0446. The first kappa shape index (κ1) is 14.8. The second kappa shape index (κ2) is 5.96. The maximum Gasteiger partial charge on any atom is 0.0244 e. The first-order valence-electron chi connectivity index (χ1n) is 9.11. The van der Waals surface area contributed by atoms with E-state index in [4.69, 9.17) is 0 Å². The molecule has 0 bridgehead atoms. The van der Waals surface area contributed by atoms with Crippen molar-refractivity contribution in [1.82, 2.24) is 10.2 Å². The highest BCUT2D eigenvalue weighted by molar-refractivity contribution is 4.98. The average molecular weight is 278 g/mol. The van der Waals surface area contributed by atoms with Crippen molar-refractivity contribution in [2.24, 2.45) is 17.3 Å². The third kappa shape index (κ3) is 3.06. The van der Waals surface area contributed by atoms with Gasteiger partial charge in [-0.25, -0.2) is 0 Å². The summed E-state index contributed by atoms with van der Waals surface area (Å²) in [5.41, 5.74) is 0.651. The van der Waals surface area contributed by atoms with Crippen LogP contribution in [0.4, 0.5) is 0 Å². The van der Waals surface area contributed by atoms with Crippen LogP contribution in [0.25, 0.3) is 0 Å². The molecular weight excluding hydrogens is 244 g/mol. The highest BCUT2D eigenvalue weighted by Crippen LogP contribution is 2.43. The van der Waals surface area contributed by atoms with E-state index in [0.29, 0.717) is 5.41 Å². The summed E-state index contributed by atoms with van der Waals surface area (Å²) in [6.07, 6.45) is 10.2. The molecule has 3 aliphatic rings. The van der Waals surface area contributed by atoms with E-state index in [-0.39, 0.29) is 0 Å². The number of nitrogens with zero attached hydrogens (tertiary/aromatic N) is 1. The summed E-state index contributed by atoms with van der Waals surface area (Å²) < 4.78 is 0. The molecule has 2 heteroatoms. The summed E-state index contributed by atoms with van der Waals surface area (Å²) in [6.45, 7) is 11.1. The zero-order chi connectivity index (χ0) is 14.2. The fraction of sp³-hybridized carbons (Fsp3) is 1.00. The molecule has 1 N–H and O–H groups in total. The molecule has 2 aliphatic carbocycles. The highest BCUT2D eigenvalue weighted by Gasteiger charge is 2.41. The summed E-state index contributed by atoms with van der Waals surface area (Å²) in [5, 5.41) is 3.86. The lowest BCUT2D eigenvalue weighted by Crippen LogP contribution is -2.60. The van der Waals surface area contributed by atoms with Crippen molar-refractivity contribution >= 4 is 0 Å². The van der Waals surface area contributed by atoms with Gasteiger partial charge in [0.05, 0.1) is 0 Å². The van der Waals surface area contributed by atoms with Crippen molar-refractivity contribution in [3.8, 4) is 0 Å². The SMILES string of the molecule is CCC1(CN2CC(C3CC3)NCC2C(C)C)CCCC1. The van der Waals surface area contributed by atoms with E-state index in [2.05, 4.69) is 31.0 Å². The molecule has 2 atom stereocenters. The summed E-state index contributed by atoms with van der Waals surface area (Å²) in [4.78, 5) is 2.89. The Morgan fingerprint density at radius 1 is 1.20 bits per heavy atom. The minimum atomic E-state index is 0.651. The summed E-state index contributed by atoms with van der Waals surface area (Å²) in [5.74, 6) is 1.77. The van der Waals surface area contributed by atoms with Gasteiger partial charge >= 0.3 is 0 Å². The number of hydrogen-bond acceptors (Lipinski definition) is 2. The van der Waals surface area contributed by atoms with E-state index >= 15 is 0 Å². The van der Waals surface area contributed by atoms with Crippen LogP contribution in [0.2, 0.25) is 0 Å². The molecule has 3 fully saturated rings. The molecule has 2 saturated carbocycles. The number of nitrogens with one attached hydrogen (secondary N) is 1. The van der Waals surface area contributed by atoms with Crippen molar-refractivity contribution in [2.75, 3.05) is 19.6 Å². The molecule has 0 aromatic rings. The van der Waals surface area contributed by atoms with E-state index in [1.54, 1.807) is 0 Å². The van der Waals surface area contributed by atoms with Crippen LogP contribution < -0.4 is 5.32 Å². The molecule has 3 rings (SSSR count). The van der Waals surface area contributed by atoms with Crippen LogP contribution in [0, 0.1) is 17.3 Å². The van der Waals surface area contributed by atoms with E-state index < -0.39 is 0 Å². The zero-order valence-electron chi connectivity index (χ0n) is 13.8. The van der Waals surface area contributed by atoms with Gasteiger partial charge in [-0.1, -0.05) is 33.6 Å². The van der Waals surface area contributed by atoms with Gasteiger partial charge in [-0.05, 0) is 49.4 Å². The van der Waals surface area contributed by atoms with Crippen LogP contribution in [-0.4, -0.2) is 36.6 Å². The quantitative estimate of drug-likeness (QED) is 0.825. The van der Waals surface area contributed by atoms with E-state index in [1.165, 1.54) is 64.6 Å². The van der Waals surface area contributed by atoms with E-state index in [1.807, 2.05) is 0 Å². The lowest BCUT2D eigenvalue weighted by Gasteiger charge is -2.46. The smallest absolute Gasteiger partial charge is 0.0244 e. The summed E-state index contributed by atoms with van der Waals surface area (Å²) in [6, 6.07) is 1.55. The van der Waals surface area contributed by atoms with Gasteiger partial charge in [-0.3, -0.25) is 4.90 Å². The van der Waals surface area contributed by atoms with Crippen LogP contribution in [0.3, 0.4) is 0 Å². The maximum absolute atomic E-state index is 3.86. The van der Waals surface area contributed by atoms with Crippen LogP contribution >= 0.6 is 0 Å². The third-order valence-electron chi connectivity index (χ3n) is 6.40. The Morgan fingerprint density at radius 3 is 2.45 bits per heavy atom. The zero-order valence-corrected chi connectivity index (χ0v) is 13.8. The van der Waals surface area contributed by atoms with Crippen molar-refractivity contribution in [3.63, 3.8) is 0 Å². The number of piperazine rings is 1. The largest absolute Gasteiger partial charge is 0.311 e. The topological polar surface area (TPSA) is 15.3 Å². The number of hydrogen-bond donors (Lipinski definition) is 1. The van der Waals surface area contributed by atoms with Gasteiger partial charge in [-0.2, -0.15) is 0 Å². The van der Waals surface area contributed by atoms with Gasteiger partial charge in [0, 0.05) is 31.7 Å². The second-order valence-corrected chi connectivity index (χ2v) is 8.15. The van der Waals surface area contributed by atoms with Crippen molar-refractivity contribution in [1.29, 1.82) is 0 Å². The van der Waals surface area contributed by atoms with Crippen LogP contribution in [0.15, 0.2) is 0 Å². The molecule has 0 radical (unpaired) electrons. The summed E-state index contributed by atoms with van der Waals surface area (Å²) >= 11 is 0. The van der Waals surface area contributed by atoms with E-state index in [9.17, 15) is 0 Å². The first-order valence-corrected chi connectivity index (χ1v) is 9.11. The Kier molecular flexibility index (Phi) is 4.42. The van der Waals surface area contributed by atoms with Crippen LogP contribution in [0.5, 0.6) is 0 Å². The lowest BCUT2D eigenvalue weighted by atomic mass is 9.81. The molecule has 0 aromatic carbocycles. The Morgan fingerprint density at radius 2 is 1.90 bits per heavy atom. The van der Waals surface area contributed by atoms with Gasteiger partial charge in [0.2, 0.25) is 0 Å². The normalized spacial score (nSPS) is 34.8. The molecule has 2 nitrogen and oxygen atoms in total. The van der Waals surface area contributed by atoms with Crippen LogP contribution in [-0.2, 0) is 0 Å². The van der Waals surface area contributed by atoms with Gasteiger partial charge in [-0.15, -0.1) is 0 Å². The molecule has 1 aliphatic heterocycles. The predicted molar refractivity (Wildman–Crippen MR) is 85.9 cm³/mol. The van der Waals surface area contributed by atoms with Gasteiger partial charge in [0.25, 0.3) is 0 Å². The molecule has 1 saturated heterocycles. The van der Waals surface area contributed by atoms with E-state index in [0.717, 1.165) is 23.9 Å². The molecule has 20 heavy (non-hydrogen) atoms. The first-order chi connectivity index (χ1) is 9.63. The minimum Gasteiger partial charge on any atom is -0.311 e. The molecular formula is C18H34N2. The van der Waals surface area contributed by atoms with Crippen molar-refractivity contribution < 1.29 is 0 Å². The number of rotatable bonds is 5. The monoisotopic (exact) mass is 278 g/mol. The Bertz CT molecular complexity index is 315.